The summed E-state index contributed by atoms with van der Waals surface area (Å²) in [7, 11) is -4.51. The molecule has 1 aliphatic heterocycles. The number of nitrogens with zero attached hydrogens (tertiary/aromatic N) is 2. The number of anilines is 1. The van der Waals surface area contributed by atoms with Gasteiger partial charge in [0.2, 0.25) is 5.89 Å². The van der Waals surface area contributed by atoms with Gasteiger partial charge in [0.15, 0.2) is 5.58 Å². The number of nitrogens with one attached hydrogen (secondary N) is 1. The van der Waals surface area contributed by atoms with E-state index in [9.17, 15) is 22.6 Å². The van der Waals surface area contributed by atoms with Crippen molar-refractivity contribution < 1.29 is 32.1 Å². The Balaban J connectivity index is 1.79. The van der Waals surface area contributed by atoms with E-state index in [4.69, 9.17) is 9.52 Å². The molecule has 0 unspecified atom stereocenters. The van der Waals surface area contributed by atoms with Crippen molar-refractivity contribution in [2.75, 3.05) is 18.5 Å². The van der Waals surface area contributed by atoms with Crippen molar-refractivity contribution in [2.45, 2.75) is 4.90 Å². The topological polar surface area (TPSA) is 150 Å². The summed E-state index contributed by atoms with van der Waals surface area (Å²) in [6, 6.07) is 10.5. The molecule has 0 fully saturated rings. The fraction of sp³-hybridized carbons (Fsp3) is 0.105. The number of para-hydroxylation sites is 2. The second-order valence-electron chi connectivity index (χ2n) is 6.37. The first kappa shape index (κ1) is 19.8. The smallest absolute Gasteiger partial charge is 0.294 e. The third-order valence-corrected chi connectivity index (χ3v) is 5.27. The molecule has 0 saturated heterocycles. The maximum Gasteiger partial charge on any atom is 0.294 e. The number of aliphatic hydroxyl groups is 1. The molecule has 1 aliphatic rings. The molecule has 4 rings (SSSR count). The van der Waals surface area contributed by atoms with Crippen LogP contribution in [0.2, 0.25) is 0 Å². The summed E-state index contributed by atoms with van der Waals surface area (Å²) in [5.74, 6) is -1.18. The van der Waals surface area contributed by atoms with Gasteiger partial charge in [-0.05, 0) is 30.3 Å². The monoisotopic (exact) mass is 429 g/mol. The average molecular weight is 429 g/mol. The molecule has 0 saturated carbocycles. The van der Waals surface area contributed by atoms with Gasteiger partial charge in [-0.1, -0.05) is 12.1 Å². The van der Waals surface area contributed by atoms with Crippen LogP contribution in [0.3, 0.4) is 0 Å². The highest BCUT2D eigenvalue weighted by Crippen LogP contribution is 2.33. The molecule has 0 aliphatic carbocycles. The number of benzene rings is 2. The zero-order valence-corrected chi connectivity index (χ0v) is 16.1. The van der Waals surface area contributed by atoms with Crippen LogP contribution in [0.5, 0.6) is 0 Å². The van der Waals surface area contributed by atoms with Crippen molar-refractivity contribution >= 4 is 38.7 Å². The molecule has 11 heteroatoms. The molecule has 0 atom stereocenters. The first-order valence-corrected chi connectivity index (χ1v) is 10.1. The molecule has 3 N–H and O–H groups in total. The summed E-state index contributed by atoms with van der Waals surface area (Å²) >= 11 is 0. The van der Waals surface area contributed by atoms with Crippen LogP contribution in [-0.4, -0.2) is 52.9 Å². The molecular formula is C19H15N3O7S. The van der Waals surface area contributed by atoms with Crippen LogP contribution in [0.25, 0.3) is 22.6 Å². The van der Waals surface area contributed by atoms with Gasteiger partial charge in [0, 0.05) is 6.08 Å². The Morgan fingerprint density at radius 2 is 1.90 bits per heavy atom. The van der Waals surface area contributed by atoms with Crippen LogP contribution in [0.15, 0.2) is 63.6 Å². The number of β-amino-alcohol motifs (C(OH)–C–C–N with tert-alkyl or cyclic N) is 1. The maximum absolute atomic E-state index is 12.4. The fourth-order valence-electron chi connectivity index (χ4n) is 3.01. The molecule has 2 aromatic carbocycles. The zero-order chi connectivity index (χ0) is 21.5. The van der Waals surface area contributed by atoms with Gasteiger partial charge in [0.25, 0.3) is 21.9 Å². The third kappa shape index (κ3) is 3.56. The van der Waals surface area contributed by atoms with E-state index < -0.39 is 26.8 Å². The van der Waals surface area contributed by atoms with Crippen molar-refractivity contribution in [3.8, 4) is 11.5 Å². The number of aliphatic hydroxyl groups excluding tert-OH is 1. The van der Waals surface area contributed by atoms with E-state index >= 15 is 0 Å². The number of carbonyl (C=O) groups is 2. The molecule has 3 aromatic rings. The summed E-state index contributed by atoms with van der Waals surface area (Å²) in [4.78, 5) is 29.2. The van der Waals surface area contributed by atoms with Crippen LogP contribution in [0, 0.1) is 0 Å². The van der Waals surface area contributed by atoms with E-state index in [-0.39, 0.29) is 36.0 Å². The fourth-order valence-corrected chi connectivity index (χ4v) is 3.52. The molecule has 1 aromatic heterocycles. The Bertz CT molecular complexity index is 1280. The standard InChI is InChI=1S/C19H15N3O7S/c23-8-7-22-17(24)10-15(19(22)25)20-13-6-5-11(30(26,27)28)9-12(13)18-21-14-3-1-2-4-16(14)29-18/h1-6,9-10,20,23H,7-8H2,(H,26,27,28). The number of imide groups is 1. The lowest BCUT2D eigenvalue weighted by molar-refractivity contribution is -0.137. The first-order chi connectivity index (χ1) is 14.3. The maximum atomic E-state index is 12.4. The molecule has 0 bridgehead atoms. The van der Waals surface area contributed by atoms with Crippen LogP contribution in [0.4, 0.5) is 5.69 Å². The van der Waals surface area contributed by atoms with Gasteiger partial charge in [-0.2, -0.15) is 8.42 Å². The Morgan fingerprint density at radius 1 is 1.13 bits per heavy atom. The van der Waals surface area contributed by atoms with Gasteiger partial charge in [-0.3, -0.25) is 19.0 Å². The normalized spacial score (nSPS) is 14.5. The molecule has 154 valence electrons. The largest absolute Gasteiger partial charge is 0.436 e. The van der Waals surface area contributed by atoms with Gasteiger partial charge < -0.3 is 14.8 Å². The van der Waals surface area contributed by atoms with Crippen molar-refractivity contribution in [1.82, 2.24) is 9.88 Å². The third-order valence-electron chi connectivity index (χ3n) is 4.42. The Hall–Kier alpha value is -3.54. The molecule has 2 amide bonds. The van der Waals surface area contributed by atoms with Crippen molar-refractivity contribution in [3.63, 3.8) is 0 Å². The highest BCUT2D eigenvalue weighted by molar-refractivity contribution is 7.85. The summed E-state index contributed by atoms with van der Waals surface area (Å²) in [5, 5.41) is 11.8. The predicted molar refractivity (Wildman–Crippen MR) is 105 cm³/mol. The number of fused-ring (bicyclic) bond motifs is 1. The quantitative estimate of drug-likeness (QED) is 0.390. The lowest BCUT2D eigenvalue weighted by Gasteiger charge is -2.14. The van der Waals surface area contributed by atoms with Crippen molar-refractivity contribution in [3.05, 3.63) is 54.2 Å². The molecule has 0 radical (unpaired) electrons. The summed E-state index contributed by atoms with van der Waals surface area (Å²) in [5.41, 5.74) is 1.30. The van der Waals surface area contributed by atoms with E-state index in [2.05, 4.69) is 10.3 Å². The van der Waals surface area contributed by atoms with Crippen molar-refractivity contribution in [2.24, 2.45) is 0 Å². The number of rotatable bonds is 6. The zero-order valence-electron chi connectivity index (χ0n) is 15.3. The van der Waals surface area contributed by atoms with E-state index in [1.165, 1.54) is 6.07 Å². The van der Waals surface area contributed by atoms with Crippen LogP contribution >= 0.6 is 0 Å². The second kappa shape index (κ2) is 7.37. The summed E-state index contributed by atoms with van der Waals surface area (Å²) in [6.45, 7) is -0.533. The SMILES string of the molecule is O=C1C=C(Nc2ccc(S(=O)(=O)O)cc2-c2nc3ccccc3o2)C(=O)N1CCO. The number of amides is 2. The molecule has 10 nitrogen and oxygen atoms in total. The van der Waals surface area contributed by atoms with E-state index in [1.807, 2.05) is 0 Å². The van der Waals surface area contributed by atoms with Gasteiger partial charge in [-0.25, -0.2) is 4.98 Å². The van der Waals surface area contributed by atoms with Crippen LogP contribution in [0.1, 0.15) is 0 Å². The first-order valence-electron chi connectivity index (χ1n) is 8.71. The summed E-state index contributed by atoms with van der Waals surface area (Å²) in [6.07, 6.45) is 1.07. The van der Waals surface area contributed by atoms with E-state index in [1.54, 1.807) is 24.3 Å². The minimum absolute atomic E-state index is 0.0498. The Kier molecular flexibility index (Phi) is 4.86. The predicted octanol–water partition coefficient (Wildman–Crippen LogP) is 1.40. The van der Waals surface area contributed by atoms with Crippen LogP contribution < -0.4 is 5.32 Å². The number of oxazole rings is 1. The lowest BCUT2D eigenvalue weighted by Crippen LogP contribution is -2.34. The summed E-state index contributed by atoms with van der Waals surface area (Å²) < 4.78 is 38.3. The Morgan fingerprint density at radius 3 is 2.60 bits per heavy atom. The van der Waals surface area contributed by atoms with Crippen molar-refractivity contribution in [1.29, 1.82) is 0 Å². The lowest BCUT2D eigenvalue weighted by atomic mass is 10.1. The molecular weight excluding hydrogens is 414 g/mol. The highest BCUT2D eigenvalue weighted by Gasteiger charge is 2.31. The van der Waals surface area contributed by atoms with E-state index in [0.717, 1.165) is 23.1 Å². The Labute approximate surface area is 170 Å². The van der Waals surface area contributed by atoms with E-state index in [0.29, 0.717) is 11.1 Å². The average Bonchev–Trinajstić information content (AvgIpc) is 3.24. The highest BCUT2D eigenvalue weighted by atomic mass is 32.2. The van der Waals surface area contributed by atoms with Gasteiger partial charge in [-0.15, -0.1) is 0 Å². The molecule has 2 heterocycles. The molecule has 0 spiro atoms. The number of aromatic nitrogens is 1. The van der Waals surface area contributed by atoms with Gasteiger partial charge >= 0.3 is 0 Å². The minimum atomic E-state index is -4.51. The number of hydrogen-bond donors (Lipinski definition) is 3. The van der Waals surface area contributed by atoms with Gasteiger partial charge in [0.05, 0.1) is 29.3 Å². The second-order valence-corrected chi connectivity index (χ2v) is 7.79. The van der Waals surface area contributed by atoms with Crippen LogP contribution in [-0.2, 0) is 19.7 Å². The number of carbonyl (C=O) groups excluding carboxylic acids is 2. The van der Waals surface area contributed by atoms with Gasteiger partial charge in [0.1, 0.15) is 11.2 Å². The molecule has 30 heavy (non-hydrogen) atoms. The minimum Gasteiger partial charge on any atom is -0.436 e. The number of hydrogen-bond acceptors (Lipinski definition) is 8.